The van der Waals surface area contributed by atoms with Crippen molar-refractivity contribution in [2.45, 2.75) is 19.4 Å². The third-order valence-corrected chi connectivity index (χ3v) is 5.83. The summed E-state index contributed by atoms with van der Waals surface area (Å²) in [6.07, 6.45) is 0.813. The number of anilines is 1. The van der Waals surface area contributed by atoms with Gasteiger partial charge in [0.15, 0.2) is 0 Å². The number of halogens is 1. The number of fused-ring (bicyclic) bond motifs is 1. The van der Waals surface area contributed by atoms with Crippen LogP contribution < -0.4 is 4.90 Å². The Hall–Kier alpha value is -2.53. The number of hydrogen-bond donors (Lipinski definition) is 0. The molecule has 0 radical (unpaired) electrons. The summed E-state index contributed by atoms with van der Waals surface area (Å²) in [5.74, 6) is -0.147. The molecule has 2 amide bonds. The lowest BCUT2D eigenvalue weighted by molar-refractivity contribution is -0.141. The van der Waals surface area contributed by atoms with Gasteiger partial charge < -0.3 is 14.7 Å². The topological polar surface area (TPSA) is 43.9 Å². The molecule has 0 spiro atoms. The minimum Gasteiger partial charge on any atom is -0.368 e. The molecule has 0 saturated carbocycles. The summed E-state index contributed by atoms with van der Waals surface area (Å²) in [7, 11) is 0. The maximum absolute atomic E-state index is 12.6. The predicted molar refractivity (Wildman–Crippen MR) is 110 cm³/mol. The Balaban J connectivity index is 1.29. The molecule has 1 saturated heterocycles. The van der Waals surface area contributed by atoms with Crippen molar-refractivity contribution in [2.24, 2.45) is 0 Å². The van der Waals surface area contributed by atoms with E-state index in [1.165, 1.54) is 11.1 Å². The number of benzene rings is 2. The molecule has 1 fully saturated rings. The fourth-order valence-corrected chi connectivity index (χ4v) is 4.13. The summed E-state index contributed by atoms with van der Waals surface area (Å²) in [4.78, 5) is 31.1. The summed E-state index contributed by atoms with van der Waals surface area (Å²) in [5.41, 5.74) is 3.56. The number of carbonyl (C=O) groups is 2. The zero-order valence-corrected chi connectivity index (χ0v) is 16.6. The molecule has 0 bridgehead atoms. The van der Waals surface area contributed by atoms with Crippen LogP contribution in [0.5, 0.6) is 0 Å². The van der Waals surface area contributed by atoms with E-state index in [1.807, 2.05) is 41.3 Å². The van der Waals surface area contributed by atoms with Crippen LogP contribution in [0.3, 0.4) is 0 Å². The number of carbonyl (C=O) groups excluding carboxylic acids is 2. The highest BCUT2D eigenvalue weighted by Crippen LogP contribution is 2.22. The molecular weight excluding hydrogens is 374 g/mol. The Morgan fingerprint density at radius 2 is 1.54 bits per heavy atom. The van der Waals surface area contributed by atoms with Crippen molar-refractivity contribution in [3.63, 3.8) is 0 Å². The highest BCUT2D eigenvalue weighted by molar-refractivity contribution is 6.30. The molecule has 2 aliphatic heterocycles. The van der Waals surface area contributed by atoms with Crippen LogP contribution in [0.1, 0.15) is 17.5 Å². The van der Waals surface area contributed by atoms with E-state index in [4.69, 9.17) is 11.6 Å². The van der Waals surface area contributed by atoms with Crippen molar-refractivity contribution in [3.8, 4) is 0 Å². The van der Waals surface area contributed by atoms with Crippen LogP contribution in [0.15, 0.2) is 48.5 Å². The first-order valence-corrected chi connectivity index (χ1v) is 10.1. The number of rotatable bonds is 3. The molecular formula is C22H24ClN3O2. The molecule has 0 aliphatic carbocycles. The molecule has 0 N–H and O–H groups in total. The molecule has 2 aromatic carbocycles. The van der Waals surface area contributed by atoms with Crippen LogP contribution in [0.25, 0.3) is 0 Å². The smallest absolute Gasteiger partial charge is 0.232 e. The van der Waals surface area contributed by atoms with Crippen LogP contribution in [-0.2, 0) is 22.6 Å². The Labute approximate surface area is 170 Å². The first-order valence-electron chi connectivity index (χ1n) is 9.73. The molecule has 0 aromatic heterocycles. The first-order chi connectivity index (χ1) is 13.6. The summed E-state index contributed by atoms with van der Waals surface area (Å²) in [6, 6.07) is 16.0. The number of piperazine rings is 1. The lowest BCUT2D eigenvalue weighted by Crippen LogP contribution is -2.50. The van der Waals surface area contributed by atoms with Gasteiger partial charge >= 0.3 is 0 Å². The van der Waals surface area contributed by atoms with Crippen LogP contribution in [0, 0.1) is 0 Å². The van der Waals surface area contributed by atoms with Gasteiger partial charge in [0.25, 0.3) is 0 Å². The van der Waals surface area contributed by atoms with Crippen LogP contribution in [0.2, 0.25) is 5.02 Å². The number of amides is 2. The molecule has 2 aromatic rings. The van der Waals surface area contributed by atoms with Crippen LogP contribution in [-0.4, -0.2) is 54.3 Å². The van der Waals surface area contributed by atoms with E-state index < -0.39 is 0 Å². The van der Waals surface area contributed by atoms with E-state index in [0.29, 0.717) is 31.2 Å². The zero-order chi connectivity index (χ0) is 19.5. The molecule has 5 nitrogen and oxygen atoms in total. The average Bonchev–Trinajstić information content (AvgIpc) is 2.73. The van der Waals surface area contributed by atoms with Gasteiger partial charge in [0, 0.05) is 50.0 Å². The van der Waals surface area contributed by atoms with Gasteiger partial charge in [-0.25, -0.2) is 0 Å². The summed E-state index contributed by atoms with van der Waals surface area (Å²) in [5, 5.41) is 0.713. The third-order valence-electron chi connectivity index (χ3n) is 5.59. The first kappa shape index (κ1) is 18.8. The normalized spacial score (nSPS) is 16.7. The molecule has 2 heterocycles. The van der Waals surface area contributed by atoms with Gasteiger partial charge in [0.1, 0.15) is 6.42 Å². The van der Waals surface area contributed by atoms with Gasteiger partial charge in [0.2, 0.25) is 11.8 Å². The van der Waals surface area contributed by atoms with Gasteiger partial charge in [0.05, 0.1) is 0 Å². The quantitative estimate of drug-likeness (QED) is 0.748. The standard InChI is InChI=1S/C22H24ClN3O2/c23-19-6-3-7-20(14-19)24-10-12-25(13-11-24)21(27)15-22(28)26-9-8-17-4-1-2-5-18(17)16-26/h1-7,14H,8-13,15-16H2. The van der Waals surface area contributed by atoms with E-state index in [-0.39, 0.29) is 18.2 Å². The van der Waals surface area contributed by atoms with Gasteiger partial charge in [-0.15, -0.1) is 0 Å². The zero-order valence-electron chi connectivity index (χ0n) is 15.8. The predicted octanol–water partition coefficient (Wildman–Crippen LogP) is 2.96. The van der Waals surface area contributed by atoms with Crippen molar-refractivity contribution >= 4 is 29.1 Å². The Morgan fingerprint density at radius 1 is 0.821 bits per heavy atom. The maximum atomic E-state index is 12.6. The fourth-order valence-electron chi connectivity index (χ4n) is 3.95. The Kier molecular flexibility index (Phi) is 5.53. The molecule has 2 aliphatic rings. The van der Waals surface area contributed by atoms with Gasteiger partial charge in [-0.1, -0.05) is 41.9 Å². The largest absolute Gasteiger partial charge is 0.368 e. The van der Waals surface area contributed by atoms with E-state index in [1.54, 1.807) is 4.90 Å². The maximum Gasteiger partial charge on any atom is 0.232 e. The second kappa shape index (κ2) is 8.23. The van der Waals surface area contributed by atoms with Crippen molar-refractivity contribution < 1.29 is 9.59 Å². The van der Waals surface area contributed by atoms with Crippen molar-refractivity contribution in [1.29, 1.82) is 0 Å². The SMILES string of the molecule is O=C(CC(=O)N1CCc2ccccc2C1)N1CCN(c2cccc(Cl)c2)CC1. The second-order valence-corrected chi connectivity index (χ2v) is 7.79. The lowest BCUT2D eigenvalue weighted by atomic mass is 10.00. The Morgan fingerprint density at radius 3 is 2.29 bits per heavy atom. The van der Waals surface area contributed by atoms with E-state index in [2.05, 4.69) is 17.0 Å². The van der Waals surface area contributed by atoms with Gasteiger partial charge in [-0.05, 0) is 35.7 Å². The molecule has 6 heteroatoms. The Bertz CT molecular complexity index is 878. The highest BCUT2D eigenvalue weighted by atomic mass is 35.5. The van der Waals surface area contributed by atoms with Crippen molar-refractivity contribution in [2.75, 3.05) is 37.6 Å². The summed E-state index contributed by atoms with van der Waals surface area (Å²) < 4.78 is 0. The minimum absolute atomic E-state index is 0.0423. The monoisotopic (exact) mass is 397 g/mol. The fraction of sp³-hybridized carbons (Fsp3) is 0.364. The van der Waals surface area contributed by atoms with Gasteiger partial charge in [-0.2, -0.15) is 0 Å². The second-order valence-electron chi connectivity index (χ2n) is 7.36. The molecule has 0 atom stereocenters. The summed E-state index contributed by atoms with van der Waals surface area (Å²) >= 11 is 6.07. The molecule has 28 heavy (non-hydrogen) atoms. The summed E-state index contributed by atoms with van der Waals surface area (Å²) in [6.45, 7) is 4.04. The number of hydrogen-bond acceptors (Lipinski definition) is 3. The number of nitrogens with zero attached hydrogens (tertiary/aromatic N) is 3. The van der Waals surface area contributed by atoms with Crippen molar-refractivity contribution in [3.05, 3.63) is 64.7 Å². The van der Waals surface area contributed by atoms with Crippen LogP contribution in [0.4, 0.5) is 5.69 Å². The van der Waals surface area contributed by atoms with Crippen molar-refractivity contribution in [1.82, 2.24) is 9.80 Å². The van der Waals surface area contributed by atoms with E-state index in [9.17, 15) is 9.59 Å². The van der Waals surface area contributed by atoms with E-state index >= 15 is 0 Å². The van der Waals surface area contributed by atoms with Gasteiger partial charge in [-0.3, -0.25) is 9.59 Å². The van der Waals surface area contributed by atoms with Crippen LogP contribution >= 0.6 is 11.6 Å². The van der Waals surface area contributed by atoms with E-state index in [0.717, 1.165) is 25.2 Å². The lowest BCUT2D eigenvalue weighted by Gasteiger charge is -2.36. The molecule has 4 rings (SSSR count). The highest BCUT2D eigenvalue weighted by Gasteiger charge is 2.26. The average molecular weight is 398 g/mol. The minimum atomic E-state index is -0.0744. The molecule has 146 valence electrons. The molecule has 0 unspecified atom stereocenters. The third kappa shape index (κ3) is 4.14.